The lowest BCUT2D eigenvalue weighted by Crippen LogP contribution is -2.15. The molecule has 6 nitrogen and oxygen atoms in total. The van der Waals surface area contributed by atoms with Crippen molar-refractivity contribution in [2.75, 3.05) is 13.2 Å². The second-order valence-electron chi connectivity index (χ2n) is 4.28. The van der Waals surface area contributed by atoms with Gasteiger partial charge in [-0.15, -0.1) is 0 Å². The van der Waals surface area contributed by atoms with Gasteiger partial charge in [0.1, 0.15) is 0 Å². The standard InChI is InChI=1S/C13H17N3O3/c1-5-18-11(17)7-19-10-6-8(2)12-9(3)15-16(4)13(12)14-10/h6H,5,7H2,1-4H3. The molecule has 0 aromatic carbocycles. The lowest BCUT2D eigenvalue weighted by atomic mass is 10.2. The SMILES string of the molecule is CCOC(=O)COc1cc(C)c2c(C)nn(C)c2n1. The smallest absolute Gasteiger partial charge is 0.344 e. The molecule has 0 amide bonds. The van der Waals surface area contributed by atoms with Crippen molar-refractivity contribution in [3.05, 3.63) is 17.3 Å². The van der Waals surface area contributed by atoms with Crippen molar-refractivity contribution in [2.45, 2.75) is 20.8 Å². The van der Waals surface area contributed by atoms with Gasteiger partial charge < -0.3 is 9.47 Å². The van der Waals surface area contributed by atoms with Crippen LogP contribution in [0.5, 0.6) is 5.88 Å². The molecule has 6 heteroatoms. The van der Waals surface area contributed by atoms with Crippen LogP contribution in [0.15, 0.2) is 6.07 Å². The zero-order valence-corrected chi connectivity index (χ0v) is 11.6. The number of esters is 1. The number of aromatic nitrogens is 3. The van der Waals surface area contributed by atoms with Crippen LogP contribution in [0.25, 0.3) is 11.0 Å². The van der Waals surface area contributed by atoms with E-state index in [-0.39, 0.29) is 6.61 Å². The third kappa shape index (κ3) is 2.67. The van der Waals surface area contributed by atoms with Crippen molar-refractivity contribution in [3.8, 4) is 5.88 Å². The maximum Gasteiger partial charge on any atom is 0.344 e. The molecule has 2 heterocycles. The molecule has 0 aliphatic heterocycles. The average molecular weight is 263 g/mol. The van der Waals surface area contributed by atoms with Gasteiger partial charge in [-0.05, 0) is 26.3 Å². The van der Waals surface area contributed by atoms with Crippen molar-refractivity contribution in [1.29, 1.82) is 0 Å². The summed E-state index contributed by atoms with van der Waals surface area (Å²) < 4.78 is 11.8. The second kappa shape index (κ2) is 5.26. The molecular formula is C13H17N3O3. The van der Waals surface area contributed by atoms with Crippen LogP contribution >= 0.6 is 0 Å². The number of aryl methyl sites for hydroxylation is 3. The molecule has 0 bridgehead atoms. The zero-order chi connectivity index (χ0) is 14.0. The van der Waals surface area contributed by atoms with Crippen LogP contribution in [-0.4, -0.2) is 33.9 Å². The Morgan fingerprint density at radius 2 is 2.16 bits per heavy atom. The quantitative estimate of drug-likeness (QED) is 0.782. The Bertz CT molecular complexity index is 619. The first kappa shape index (κ1) is 13.3. The minimum atomic E-state index is -0.400. The monoisotopic (exact) mass is 263 g/mol. The van der Waals surface area contributed by atoms with Crippen molar-refractivity contribution in [3.63, 3.8) is 0 Å². The molecule has 0 N–H and O–H groups in total. The average Bonchev–Trinajstić information content (AvgIpc) is 2.63. The van der Waals surface area contributed by atoms with Gasteiger partial charge in [-0.3, -0.25) is 4.68 Å². The number of rotatable bonds is 4. The number of pyridine rings is 1. The first-order valence-electron chi connectivity index (χ1n) is 6.12. The summed E-state index contributed by atoms with van der Waals surface area (Å²) >= 11 is 0. The van der Waals surface area contributed by atoms with Gasteiger partial charge in [-0.1, -0.05) is 0 Å². The van der Waals surface area contributed by atoms with Gasteiger partial charge in [0, 0.05) is 18.5 Å². The van der Waals surface area contributed by atoms with Crippen molar-refractivity contribution < 1.29 is 14.3 Å². The fourth-order valence-electron chi connectivity index (χ4n) is 2.04. The number of hydrogen-bond donors (Lipinski definition) is 0. The molecule has 0 spiro atoms. The van der Waals surface area contributed by atoms with Crippen LogP contribution in [-0.2, 0) is 16.6 Å². The summed E-state index contributed by atoms with van der Waals surface area (Å²) in [4.78, 5) is 15.6. The van der Waals surface area contributed by atoms with E-state index in [1.807, 2.05) is 20.9 Å². The highest BCUT2D eigenvalue weighted by Gasteiger charge is 2.12. The van der Waals surface area contributed by atoms with Gasteiger partial charge >= 0.3 is 5.97 Å². The molecule has 0 saturated heterocycles. The van der Waals surface area contributed by atoms with Crippen LogP contribution in [0.3, 0.4) is 0 Å². The largest absolute Gasteiger partial charge is 0.466 e. The molecule has 19 heavy (non-hydrogen) atoms. The Morgan fingerprint density at radius 3 is 2.84 bits per heavy atom. The number of hydrogen-bond acceptors (Lipinski definition) is 5. The maximum absolute atomic E-state index is 11.2. The minimum absolute atomic E-state index is 0.136. The molecule has 0 aliphatic carbocycles. The van der Waals surface area contributed by atoms with E-state index in [1.165, 1.54) is 0 Å². The van der Waals surface area contributed by atoms with Gasteiger partial charge in [0.25, 0.3) is 0 Å². The van der Waals surface area contributed by atoms with Gasteiger partial charge in [0.15, 0.2) is 12.3 Å². The lowest BCUT2D eigenvalue weighted by molar-refractivity contribution is -0.145. The van der Waals surface area contributed by atoms with Crippen LogP contribution in [0, 0.1) is 13.8 Å². The van der Waals surface area contributed by atoms with E-state index in [9.17, 15) is 4.79 Å². The van der Waals surface area contributed by atoms with E-state index in [2.05, 4.69) is 10.1 Å². The maximum atomic E-state index is 11.2. The Kier molecular flexibility index (Phi) is 3.69. The number of fused-ring (bicyclic) bond motifs is 1. The molecule has 0 atom stereocenters. The molecule has 0 saturated carbocycles. The van der Waals surface area contributed by atoms with Crippen LogP contribution in [0.2, 0.25) is 0 Å². The Morgan fingerprint density at radius 1 is 1.42 bits per heavy atom. The molecule has 102 valence electrons. The Hall–Kier alpha value is -2.11. The van der Waals surface area contributed by atoms with Gasteiger partial charge in [-0.25, -0.2) is 4.79 Å². The molecular weight excluding hydrogens is 246 g/mol. The van der Waals surface area contributed by atoms with Gasteiger partial charge in [0.2, 0.25) is 5.88 Å². The topological polar surface area (TPSA) is 66.2 Å². The highest BCUT2D eigenvalue weighted by atomic mass is 16.6. The third-order valence-corrected chi connectivity index (χ3v) is 2.79. The van der Waals surface area contributed by atoms with E-state index < -0.39 is 5.97 Å². The molecule has 0 radical (unpaired) electrons. The van der Waals surface area contributed by atoms with E-state index >= 15 is 0 Å². The van der Waals surface area contributed by atoms with Crippen LogP contribution in [0.1, 0.15) is 18.2 Å². The minimum Gasteiger partial charge on any atom is -0.466 e. The highest BCUT2D eigenvalue weighted by Crippen LogP contribution is 2.23. The number of ether oxygens (including phenoxy) is 2. The Balaban J connectivity index is 2.26. The van der Waals surface area contributed by atoms with E-state index in [1.54, 1.807) is 17.7 Å². The fraction of sp³-hybridized carbons (Fsp3) is 0.462. The second-order valence-corrected chi connectivity index (χ2v) is 4.28. The van der Waals surface area contributed by atoms with E-state index in [0.29, 0.717) is 12.5 Å². The highest BCUT2D eigenvalue weighted by molar-refractivity contribution is 5.82. The fourth-order valence-corrected chi connectivity index (χ4v) is 2.04. The molecule has 2 rings (SSSR count). The normalized spacial score (nSPS) is 10.7. The molecule has 0 unspecified atom stereocenters. The molecule has 0 fully saturated rings. The third-order valence-electron chi connectivity index (χ3n) is 2.79. The summed E-state index contributed by atoms with van der Waals surface area (Å²) in [7, 11) is 1.83. The van der Waals surface area contributed by atoms with E-state index in [4.69, 9.17) is 9.47 Å². The predicted molar refractivity (Wildman–Crippen MR) is 70.1 cm³/mol. The molecule has 2 aromatic rings. The Labute approximate surface area is 111 Å². The zero-order valence-electron chi connectivity index (χ0n) is 11.6. The molecule has 0 aliphatic rings. The number of nitrogens with zero attached hydrogens (tertiary/aromatic N) is 3. The summed E-state index contributed by atoms with van der Waals surface area (Å²) in [6.07, 6.45) is 0. The molecule has 2 aromatic heterocycles. The van der Waals surface area contributed by atoms with Crippen molar-refractivity contribution in [2.24, 2.45) is 7.05 Å². The van der Waals surface area contributed by atoms with Gasteiger partial charge in [0.05, 0.1) is 12.3 Å². The number of carbonyl (C=O) groups is 1. The summed E-state index contributed by atoms with van der Waals surface area (Å²) in [5, 5.41) is 5.34. The summed E-state index contributed by atoms with van der Waals surface area (Å²) in [5.74, 6) is 0.00397. The lowest BCUT2D eigenvalue weighted by Gasteiger charge is -2.06. The van der Waals surface area contributed by atoms with Crippen molar-refractivity contribution >= 4 is 17.0 Å². The summed E-state index contributed by atoms with van der Waals surface area (Å²) in [6.45, 7) is 5.87. The first-order valence-corrected chi connectivity index (χ1v) is 6.12. The predicted octanol–water partition coefficient (Wildman–Crippen LogP) is 1.53. The first-order chi connectivity index (χ1) is 9.02. The van der Waals surface area contributed by atoms with Crippen molar-refractivity contribution in [1.82, 2.24) is 14.8 Å². The van der Waals surface area contributed by atoms with E-state index in [0.717, 1.165) is 22.3 Å². The van der Waals surface area contributed by atoms with Gasteiger partial charge in [-0.2, -0.15) is 10.1 Å². The summed E-state index contributed by atoms with van der Waals surface area (Å²) in [6, 6.07) is 1.80. The summed E-state index contributed by atoms with van der Waals surface area (Å²) in [5.41, 5.74) is 2.70. The number of carbonyl (C=O) groups excluding carboxylic acids is 1. The van der Waals surface area contributed by atoms with Crippen LogP contribution < -0.4 is 4.74 Å². The van der Waals surface area contributed by atoms with Crippen LogP contribution in [0.4, 0.5) is 0 Å².